The topological polar surface area (TPSA) is 113 Å². The van der Waals surface area contributed by atoms with Crippen LogP contribution >= 0.6 is 0 Å². The molecule has 0 fully saturated rings. The first-order chi connectivity index (χ1) is 18.3. The van der Waals surface area contributed by atoms with Crippen LogP contribution in [0.3, 0.4) is 0 Å². The fraction of sp³-hybridized carbons (Fsp3) is 0.0690. The molecular weight excluding hydrogens is 498 g/mol. The van der Waals surface area contributed by atoms with Crippen molar-refractivity contribution in [1.29, 1.82) is 0 Å². The predicted octanol–water partition coefficient (Wildman–Crippen LogP) is 5.91. The Morgan fingerprint density at radius 3 is 2.37 bits per heavy atom. The molecule has 5 rings (SSSR count). The van der Waals surface area contributed by atoms with Crippen LogP contribution in [0.15, 0.2) is 103 Å². The van der Waals surface area contributed by atoms with E-state index >= 15 is 0 Å². The molecule has 5 aromatic rings. The third-order valence-electron chi connectivity index (χ3n) is 5.70. The van der Waals surface area contributed by atoms with Gasteiger partial charge in [-0.25, -0.2) is 13.4 Å². The van der Waals surface area contributed by atoms with Gasteiger partial charge in [0.2, 0.25) is 5.95 Å². The summed E-state index contributed by atoms with van der Waals surface area (Å²) in [4.78, 5) is 21.7. The van der Waals surface area contributed by atoms with Gasteiger partial charge >= 0.3 is 0 Å². The zero-order chi connectivity index (χ0) is 26.5. The Balaban J connectivity index is 1.32. The van der Waals surface area contributed by atoms with E-state index in [-0.39, 0.29) is 11.7 Å². The van der Waals surface area contributed by atoms with E-state index < -0.39 is 9.84 Å². The lowest BCUT2D eigenvalue weighted by Gasteiger charge is -2.11. The van der Waals surface area contributed by atoms with E-state index in [4.69, 9.17) is 0 Å². The summed E-state index contributed by atoms with van der Waals surface area (Å²) >= 11 is 0. The molecule has 9 heteroatoms. The second-order valence-electron chi connectivity index (χ2n) is 8.85. The summed E-state index contributed by atoms with van der Waals surface area (Å²) in [7, 11) is -3.14. The first-order valence-corrected chi connectivity index (χ1v) is 13.9. The van der Waals surface area contributed by atoms with Crippen molar-refractivity contribution in [2.75, 3.05) is 22.2 Å². The third-order valence-corrected chi connectivity index (χ3v) is 6.55. The van der Waals surface area contributed by atoms with Crippen molar-refractivity contribution in [2.45, 2.75) is 5.75 Å². The van der Waals surface area contributed by atoms with Crippen molar-refractivity contribution in [3.05, 3.63) is 114 Å². The average Bonchev–Trinajstić information content (AvgIpc) is 2.88. The van der Waals surface area contributed by atoms with E-state index in [2.05, 4.69) is 25.9 Å². The van der Waals surface area contributed by atoms with Gasteiger partial charge in [0.25, 0.3) is 5.91 Å². The van der Waals surface area contributed by atoms with Gasteiger partial charge in [0, 0.05) is 35.1 Å². The summed E-state index contributed by atoms with van der Waals surface area (Å²) < 4.78 is 23.2. The van der Waals surface area contributed by atoms with E-state index in [0.29, 0.717) is 28.6 Å². The summed E-state index contributed by atoms with van der Waals surface area (Å²) in [5.41, 5.74) is 3.50. The summed E-state index contributed by atoms with van der Waals surface area (Å²) in [6.45, 7) is 0. The van der Waals surface area contributed by atoms with Crippen molar-refractivity contribution in [3.8, 4) is 0 Å². The van der Waals surface area contributed by atoms with Crippen LogP contribution in [0.5, 0.6) is 0 Å². The second-order valence-corrected chi connectivity index (χ2v) is 11.0. The van der Waals surface area contributed by atoms with Crippen LogP contribution in [0, 0.1) is 0 Å². The molecule has 0 atom stereocenters. The number of para-hydroxylation sites is 1. The minimum absolute atomic E-state index is 0.0391. The highest BCUT2D eigenvalue weighted by Gasteiger charge is 2.11. The molecule has 0 aliphatic heterocycles. The zero-order valence-electron chi connectivity index (χ0n) is 20.5. The molecule has 0 spiro atoms. The van der Waals surface area contributed by atoms with Crippen LogP contribution in [-0.4, -0.2) is 30.5 Å². The molecule has 8 nitrogen and oxygen atoms in total. The highest BCUT2D eigenvalue weighted by atomic mass is 32.2. The quantitative estimate of drug-likeness (QED) is 0.232. The van der Waals surface area contributed by atoms with Crippen LogP contribution in [0.4, 0.5) is 28.8 Å². The molecule has 0 saturated carbocycles. The van der Waals surface area contributed by atoms with Gasteiger partial charge in [-0.1, -0.05) is 48.5 Å². The molecule has 38 heavy (non-hydrogen) atoms. The van der Waals surface area contributed by atoms with E-state index in [1.54, 1.807) is 36.5 Å². The second kappa shape index (κ2) is 10.7. The van der Waals surface area contributed by atoms with Gasteiger partial charge in [0.15, 0.2) is 9.84 Å². The van der Waals surface area contributed by atoms with Crippen molar-refractivity contribution in [3.63, 3.8) is 0 Å². The molecule has 0 bridgehead atoms. The molecule has 3 N–H and O–H groups in total. The molecule has 0 unspecified atom stereocenters. The molecule has 1 heterocycles. The lowest BCUT2D eigenvalue weighted by atomic mass is 10.0. The minimum Gasteiger partial charge on any atom is -0.340 e. The Hall–Kier alpha value is -4.76. The summed E-state index contributed by atoms with van der Waals surface area (Å²) in [6.07, 6.45) is 2.84. The number of carbonyl (C=O) groups is 1. The van der Waals surface area contributed by atoms with Crippen LogP contribution in [0.25, 0.3) is 10.8 Å². The maximum absolute atomic E-state index is 12.9. The lowest BCUT2D eigenvalue weighted by molar-refractivity contribution is 0.102. The number of benzene rings is 4. The molecule has 4 aromatic carbocycles. The van der Waals surface area contributed by atoms with E-state index in [1.807, 2.05) is 66.7 Å². The molecule has 0 aliphatic carbocycles. The summed E-state index contributed by atoms with van der Waals surface area (Å²) in [6, 6.07) is 29.6. The largest absolute Gasteiger partial charge is 0.340 e. The smallest absolute Gasteiger partial charge is 0.256 e. The number of rotatable bonds is 8. The molecule has 0 aliphatic rings. The number of hydrogen-bond acceptors (Lipinski definition) is 7. The average molecular weight is 524 g/mol. The van der Waals surface area contributed by atoms with Crippen molar-refractivity contribution in [2.24, 2.45) is 0 Å². The first-order valence-electron chi connectivity index (χ1n) is 11.9. The minimum atomic E-state index is -3.14. The Bertz CT molecular complexity index is 1720. The monoisotopic (exact) mass is 523 g/mol. The Labute approximate surface area is 220 Å². The number of nitrogens with zero attached hydrogens (tertiary/aromatic N) is 2. The lowest BCUT2D eigenvalue weighted by Crippen LogP contribution is -2.12. The number of aromatic nitrogens is 2. The van der Waals surface area contributed by atoms with Crippen LogP contribution in [-0.2, 0) is 15.6 Å². The van der Waals surface area contributed by atoms with E-state index in [1.165, 1.54) is 6.26 Å². The first kappa shape index (κ1) is 24.9. The van der Waals surface area contributed by atoms with Crippen molar-refractivity contribution >= 4 is 55.3 Å². The van der Waals surface area contributed by atoms with Gasteiger partial charge < -0.3 is 16.0 Å². The van der Waals surface area contributed by atoms with Crippen LogP contribution in [0.1, 0.15) is 15.9 Å². The number of hydrogen-bond donors (Lipinski definition) is 3. The molecule has 1 amide bonds. The SMILES string of the molecule is CS(=O)(=O)Cc1cccc(Nc2nccc(Nc3ccc4c(C(=O)Nc5ccccc5)cccc4c3)n2)c1. The number of amides is 1. The van der Waals surface area contributed by atoms with Crippen LogP contribution < -0.4 is 16.0 Å². The van der Waals surface area contributed by atoms with Gasteiger partial charge in [0.1, 0.15) is 5.82 Å². The van der Waals surface area contributed by atoms with Gasteiger partial charge in [-0.15, -0.1) is 0 Å². The maximum atomic E-state index is 12.9. The number of anilines is 5. The predicted molar refractivity (Wildman–Crippen MR) is 152 cm³/mol. The van der Waals surface area contributed by atoms with Gasteiger partial charge in [-0.05, 0) is 64.9 Å². The van der Waals surface area contributed by atoms with E-state index in [0.717, 1.165) is 22.1 Å². The standard InChI is InChI=1S/C29H25N5O3S/c1-38(36,37)19-20-7-5-11-23(17-20)33-29-30-16-15-27(34-29)31-24-13-14-25-21(18-24)8-6-12-26(25)28(35)32-22-9-3-2-4-10-22/h2-18H,19H2,1H3,(H,32,35)(H2,30,31,33,34). The van der Waals surface area contributed by atoms with Gasteiger partial charge in [-0.3, -0.25) is 4.79 Å². The molecule has 1 aromatic heterocycles. The highest BCUT2D eigenvalue weighted by molar-refractivity contribution is 7.89. The zero-order valence-corrected chi connectivity index (χ0v) is 21.4. The number of fused-ring (bicyclic) bond motifs is 1. The Morgan fingerprint density at radius 2 is 1.55 bits per heavy atom. The number of carbonyl (C=O) groups excluding carboxylic acids is 1. The molecule has 190 valence electrons. The normalized spacial score (nSPS) is 11.2. The summed E-state index contributed by atoms with van der Waals surface area (Å²) in [5, 5.41) is 11.1. The van der Waals surface area contributed by atoms with Crippen molar-refractivity contribution in [1.82, 2.24) is 9.97 Å². The molecule has 0 saturated heterocycles. The molecular formula is C29H25N5O3S. The number of sulfone groups is 1. The molecule has 0 radical (unpaired) electrons. The third kappa shape index (κ3) is 6.32. The van der Waals surface area contributed by atoms with Crippen molar-refractivity contribution < 1.29 is 13.2 Å². The van der Waals surface area contributed by atoms with Gasteiger partial charge in [-0.2, -0.15) is 4.98 Å². The summed E-state index contributed by atoms with van der Waals surface area (Å²) in [5.74, 6) is 0.733. The van der Waals surface area contributed by atoms with Gasteiger partial charge in [0.05, 0.1) is 5.75 Å². The Kier molecular flexibility index (Phi) is 7.01. The maximum Gasteiger partial charge on any atom is 0.256 e. The Morgan fingerprint density at radius 1 is 0.789 bits per heavy atom. The van der Waals surface area contributed by atoms with E-state index in [9.17, 15) is 13.2 Å². The fourth-order valence-electron chi connectivity index (χ4n) is 4.09. The number of nitrogens with one attached hydrogen (secondary N) is 3. The fourth-order valence-corrected chi connectivity index (χ4v) is 4.87. The highest BCUT2D eigenvalue weighted by Crippen LogP contribution is 2.26. The van der Waals surface area contributed by atoms with Crippen LogP contribution in [0.2, 0.25) is 0 Å².